The van der Waals surface area contributed by atoms with E-state index in [0.717, 1.165) is 11.3 Å². The molecule has 7 heteroatoms. The lowest BCUT2D eigenvalue weighted by atomic mass is 10.4. The van der Waals surface area contributed by atoms with Crippen LogP contribution in [-0.4, -0.2) is 10.9 Å². The molecule has 0 aliphatic rings. The first-order valence-electron chi connectivity index (χ1n) is 4.92. The van der Waals surface area contributed by atoms with E-state index in [2.05, 4.69) is 10.3 Å². The smallest absolute Gasteiger partial charge is 0.304 e. The van der Waals surface area contributed by atoms with Gasteiger partial charge in [0.05, 0.1) is 13.1 Å². The van der Waals surface area contributed by atoms with Gasteiger partial charge in [-0.1, -0.05) is 11.3 Å². The summed E-state index contributed by atoms with van der Waals surface area (Å²) in [5.41, 5.74) is 6.03. The van der Waals surface area contributed by atoms with Crippen LogP contribution in [0.5, 0.6) is 0 Å². The Hall–Kier alpha value is -1.86. The van der Waals surface area contributed by atoms with Gasteiger partial charge in [0.1, 0.15) is 5.76 Å². The Bertz CT molecular complexity index is 569. The van der Waals surface area contributed by atoms with Crippen molar-refractivity contribution < 1.29 is 9.21 Å². The van der Waals surface area contributed by atoms with E-state index >= 15 is 0 Å². The molecule has 0 aromatic carbocycles. The molecule has 0 spiro atoms. The number of carbonyl (C=O) groups excluding carboxylic acids is 1. The fourth-order valence-corrected chi connectivity index (χ4v) is 1.85. The number of aromatic nitrogens is 1. The number of nitrogens with one attached hydrogen (secondary N) is 2. The number of thiazole rings is 1. The van der Waals surface area contributed by atoms with Crippen LogP contribution in [0.15, 0.2) is 26.7 Å². The zero-order valence-corrected chi connectivity index (χ0v) is 9.67. The molecule has 0 saturated heterocycles. The van der Waals surface area contributed by atoms with Gasteiger partial charge in [0, 0.05) is 11.1 Å². The predicted octanol–water partition coefficient (Wildman–Crippen LogP) is 0.418. The molecule has 0 bridgehead atoms. The van der Waals surface area contributed by atoms with Gasteiger partial charge in [0.2, 0.25) is 0 Å². The number of hydrogen-bond acceptors (Lipinski definition) is 5. The SMILES string of the molecule is NCc1ccc(C(=O)NCc2csc(=O)[nH]2)o1. The topological polar surface area (TPSA) is 101 Å². The first kappa shape index (κ1) is 11.6. The molecule has 0 saturated carbocycles. The van der Waals surface area contributed by atoms with Gasteiger partial charge in [-0.2, -0.15) is 0 Å². The van der Waals surface area contributed by atoms with Gasteiger partial charge in [-0.3, -0.25) is 9.59 Å². The van der Waals surface area contributed by atoms with E-state index in [1.807, 2.05) is 0 Å². The molecule has 6 nitrogen and oxygen atoms in total. The summed E-state index contributed by atoms with van der Waals surface area (Å²) in [7, 11) is 0. The van der Waals surface area contributed by atoms with Crippen molar-refractivity contribution in [3.63, 3.8) is 0 Å². The molecule has 2 aromatic rings. The summed E-state index contributed by atoms with van der Waals surface area (Å²) >= 11 is 1.06. The van der Waals surface area contributed by atoms with Gasteiger partial charge in [0.25, 0.3) is 5.91 Å². The standard InChI is InChI=1S/C10H11N3O3S/c11-3-7-1-2-8(16-7)9(14)12-4-6-5-17-10(15)13-6/h1-2,5H,3-4,11H2,(H,12,14)(H,13,15). The van der Waals surface area contributed by atoms with Gasteiger partial charge < -0.3 is 20.5 Å². The van der Waals surface area contributed by atoms with Crippen molar-refractivity contribution in [3.05, 3.63) is 44.4 Å². The fourth-order valence-electron chi connectivity index (χ4n) is 1.27. The molecule has 0 fully saturated rings. The average Bonchev–Trinajstić information content (AvgIpc) is 2.94. The Morgan fingerprint density at radius 2 is 2.35 bits per heavy atom. The van der Waals surface area contributed by atoms with Crippen LogP contribution in [0.4, 0.5) is 0 Å². The van der Waals surface area contributed by atoms with Crippen LogP contribution in [0, 0.1) is 0 Å². The molecule has 0 atom stereocenters. The minimum Gasteiger partial charge on any atom is -0.455 e. The molecule has 2 heterocycles. The van der Waals surface area contributed by atoms with Gasteiger partial charge in [-0.05, 0) is 12.1 Å². The van der Waals surface area contributed by atoms with Crippen molar-refractivity contribution in [2.45, 2.75) is 13.1 Å². The molecular formula is C10H11N3O3S. The zero-order chi connectivity index (χ0) is 12.3. The quantitative estimate of drug-likeness (QED) is 0.734. The fraction of sp³-hybridized carbons (Fsp3) is 0.200. The third kappa shape index (κ3) is 2.83. The lowest BCUT2D eigenvalue weighted by Gasteiger charge is -2.00. The highest BCUT2D eigenvalue weighted by molar-refractivity contribution is 7.07. The number of furan rings is 1. The highest BCUT2D eigenvalue weighted by Crippen LogP contribution is 2.07. The van der Waals surface area contributed by atoms with Gasteiger partial charge in [-0.15, -0.1) is 0 Å². The van der Waals surface area contributed by atoms with E-state index in [0.29, 0.717) is 11.5 Å². The van der Waals surface area contributed by atoms with E-state index in [9.17, 15) is 9.59 Å². The summed E-state index contributed by atoms with van der Waals surface area (Å²) in [5.74, 6) is 0.430. The summed E-state index contributed by atoms with van der Waals surface area (Å²) in [6.45, 7) is 0.515. The molecule has 1 amide bonds. The lowest BCUT2D eigenvalue weighted by molar-refractivity contribution is 0.0921. The highest BCUT2D eigenvalue weighted by Gasteiger charge is 2.10. The molecule has 0 aliphatic carbocycles. The zero-order valence-electron chi connectivity index (χ0n) is 8.86. The lowest BCUT2D eigenvalue weighted by Crippen LogP contribution is -2.22. The average molecular weight is 253 g/mol. The van der Waals surface area contributed by atoms with Crippen LogP contribution in [0.3, 0.4) is 0 Å². The van der Waals surface area contributed by atoms with Gasteiger partial charge in [-0.25, -0.2) is 0 Å². The second-order valence-electron chi connectivity index (χ2n) is 3.33. The van der Waals surface area contributed by atoms with Crippen LogP contribution in [0.1, 0.15) is 22.0 Å². The summed E-state index contributed by atoms with van der Waals surface area (Å²) in [6, 6.07) is 3.22. The molecular weight excluding hydrogens is 242 g/mol. The van der Waals surface area contributed by atoms with Crippen molar-refractivity contribution in [1.29, 1.82) is 0 Å². The number of carbonyl (C=O) groups is 1. The Morgan fingerprint density at radius 1 is 1.53 bits per heavy atom. The molecule has 90 valence electrons. The first-order chi connectivity index (χ1) is 8.19. The summed E-state index contributed by atoms with van der Waals surface area (Å²) < 4.78 is 5.18. The molecule has 0 unspecified atom stereocenters. The van der Waals surface area contributed by atoms with Crippen molar-refractivity contribution in [2.75, 3.05) is 0 Å². The summed E-state index contributed by atoms with van der Waals surface area (Å²) in [4.78, 5) is 24.9. The van der Waals surface area contributed by atoms with Crippen LogP contribution >= 0.6 is 11.3 Å². The highest BCUT2D eigenvalue weighted by atomic mass is 32.1. The van der Waals surface area contributed by atoms with E-state index in [4.69, 9.17) is 10.2 Å². The monoisotopic (exact) mass is 253 g/mol. The summed E-state index contributed by atoms with van der Waals surface area (Å²) in [5, 5.41) is 4.29. The van der Waals surface area contributed by atoms with Crippen molar-refractivity contribution in [3.8, 4) is 0 Å². The molecule has 0 aliphatic heterocycles. The predicted molar refractivity (Wildman–Crippen MR) is 62.7 cm³/mol. The van der Waals surface area contributed by atoms with Crippen LogP contribution in [-0.2, 0) is 13.1 Å². The van der Waals surface area contributed by atoms with Gasteiger partial charge in [0.15, 0.2) is 5.76 Å². The van der Waals surface area contributed by atoms with Crippen molar-refractivity contribution >= 4 is 17.2 Å². The molecule has 2 rings (SSSR count). The van der Waals surface area contributed by atoms with E-state index in [-0.39, 0.29) is 29.6 Å². The molecule has 2 aromatic heterocycles. The Labute approximate surface area is 100 Å². The maximum absolute atomic E-state index is 11.6. The van der Waals surface area contributed by atoms with E-state index in [1.54, 1.807) is 17.5 Å². The number of H-pyrrole nitrogens is 1. The maximum atomic E-state index is 11.6. The van der Waals surface area contributed by atoms with Crippen molar-refractivity contribution in [1.82, 2.24) is 10.3 Å². The minimum absolute atomic E-state index is 0.141. The number of hydrogen-bond donors (Lipinski definition) is 3. The summed E-state index contributed by atoms with van der Waals surface area (Å²) in [6.07, 6.45) is 0. The molecule has 17 heavy (non-hydrogen) atoms. The third-order valence-corrected chi connectivity index (χ3v) is 2.82. The maximum Gasteiger partial charge on any atom is 0.304 e. The Balaban J connectivity index is 1.95. The number of aromatic amines is 1. The van der Waals surface area contributed by atoms with Gasteiger partial charge >= 0.3 is 4.87 Å². The van der Waals surface area contributed by atoms with Crippen LogP contribution in [0.25, 0.3) is 0 Å². The number of rotatable bonds is 4. The van der Waals surface area contributed by atoms with E-state index < -0.39 is 0 Å². The largest absolute Gasteiger partial charge is 0.455 e. The number of nitrogens with two attached hydrogens (primary N) is 1. The second kappa shape index (κ2) is 4.98. The normalized spacial score (nSPS) is 10.4. The van der Waals surface area contributed by atoms with Crippen LogP contribution < -0.4 is 15.9 Å². The number of amides is 1. The first-order valence-corrected chi connectivity index (χ1v) is 5.80. The van der Waals surface area contributed by atoms with Crippen LogP contribution in [0.2, 0.25) is 0 Å². The second-order valence-corrected chi connectivity index (χ2v) is 4.17. The third-order valence-electron chi connectivity index (χ3n) is 2.10. The molecule has 0 radical (unpaired) electrons. The minimum atomic E-state index is -0.336. The Morgan fingerprint density at radius 3 is 2.94 bits per heavy atom. The van der Waals surface area contributed by atoms with E-state index in [1.165, 1.54) is 0 Å². The van der Waals surface area contributed by atoms with Crippen molar-refractivity contribution in [2.24, 2.45) is 5.73 Å². The Kier molecular flexibility index (Phi) is 3.40. The molecule has 4 N–H and O–H groups in total.